The van der Waals surface area contributed by atoms with Gasteiger partial charge in [-0.2, -0.15) is 0 Å². The summed E-state index contributed by atoms with van der Waals surface area (Å²) >= 11 is 0. The van der Waals surface area contributed by atoms with Crippen LogP contribution in [0.4, 0.5) is 5.69 Å². The highest BCUT2D eigenvalue weighted by molar-refractivity contribution is 5.95. The van der Waals surface area contributed by atoms with Gasteiger partial charge in [-0.25, -0.2) is 0 Å². The van der Waals surface area contributed by atoms with Crippen LogP contribution in [0.3, 0.4) is 0 Å². The Bertz CT molecular complexity index is 528. The van der Waals surface area contributed by atoms with Crippen molar-refractivity contribution in [3.05, 3.63) is 17.7 Å². The third-order valence-corrected chi connectivity index (χ3v) is 4.06. The van der Waals surface area contributed by atoms with Crippen LogP contribution in [-0.4, -0.2) is 51.7 Å². The van der Waals surface area contributed by atoms with Crippen molar-refractivity contribution < 1.29 is 14.3 Å². The Morgan fingerprint density at radius 1 is 1.29 bits per heavy atom. The lowest BCUT2D eigenvalue weighted by Crippen LogP contribution is -2.48. The summed E-state index contributed by atoms with van der Waals surface area (Å²) in [5.74, 6) is 1.50. The van der Waals surface area contributed by atoms with Gasteiger partial charge in [0.25, 0.3) is 0 Å². The Kier molecular flexibility index (Phi) is 4.73. The first-order valence-corrected chi connectivity index (χ1v) is 7.23. The van der Waals surface area contributed by atoms with Gasteiger partial charge in [0.15, 0.2) is 11.5 Å². The van der Waals surface area contributed by atoms with Crippen LogP contribution in [0.5, 0.6) is 11.5 Å². The number of hydrogen-bond acceptors (Lipinski definition) is 4. The van der Waals surface area contributed by atoms with Crippen LogP contribution in [0.25, 0.3) is 0 Å². The van der Waals surface area contributed by atoms with Crippen molar-refractivity contribution >= 4 is 11.6 Å². The van der Waals surface area contributed by atoms with Crippen molar-refractivity contribution in [3.8, 4) is 11.5 Å². The smallest absolute Gasteiger partial charge is 0.226 e. The highest BCUT2D eigenvalue weighted by Crippen LogP contribution is 2.38. The summed E-state index contributed by atoms with van der Waals surface area (Å²) in [6.45, 7) is 2.60. The molecule has 1 amide bonds. The van der Waals surface area contributed by atoms with E-state index in [2.05, 4.69) is 4.90 Å². The van der Waals surface area contributed by atoms with Gasteiger partial charge in [0, 0.05) is 25.1 Å². The van der Waals surface area contributed by atoms with Crippen molar-refractivity contribution in [2.24, 2.45) is 0 Å². The molecule has 116 valence electrons. The number of anilines is 1. The van der Waals surface area contributed by atoms with Gasteiger partial charge in [0.1, 0.15) is 0 Å². The van der Waals surface area contributed by atoms with E-state index in [9.17, 15) is 4.79 Å². The second kappa shape index (κ2) is 6.35. The molecule has 1 heterocycles. The Morgan fingerprint density at radius 3 is 2.43 bits per heavy atom. The van der Waals surface area contributed by atoms with Crippen LogP contribution in [0.2, 0.25) is 0 Å². The van der Waals surface area contributed by atoms with E-state index >= 15 is 0 Å². The van der Waals surface area contributed by atoms with Gasteiger partial charge < -0.3 is 19.3 Å². The molecular weight excluding hydrogens is 268 g/mol. The molecule has 21 heavy (non-hydrogen) atoms. The number of nitrogens with zero attached hydrogens (tertiary/aromatic N) is 2. The predicted molar refractivity (Wildman–Crippen MR) is 83.4 cm³/mol. The molecule has 5 heteroatoms. The molecule has 1 aromatic carbocycles. The zero-order valence-electron chi connectivity index (χ0n) is 13.5. The number of carbonyl (C=O) groups excluding carboxylic acids is 1. The van der Waals surface area contributed by atoms with E-state index in [1.165, 1.54) is 0 Å². The summed E-state index contributed by atoms with van der Waals surface area (Å²) in [6.07, 6.45) is 1.39. The number of methoxy groups -OCH3 is 2. The van der Waals surface area contributed by atoms with E-state index < -0.39 is 0 Å². The molecule has 0 aliphatic carbocycles. The van der Waals surface area contributed by atoms with Crippen LogP contribution in [0, 0.1) is 0 Å². The molecule has 0 saturated carbocycles. The molecule has 0 aromatic heterocycles. The van der Waals surface area contributed by atoms with Gasteiger partial charge in [0.2, 0.25) is 5.91 Å². The van der Waals surface area contributed by atoms with E-state index in [4.69, 9.17) is 9.47 Å². The van der Waals surface area contributed by atoms with Gasteiger partial charge in [-0.15, -0.1) is 0 Å². The Balaban J connectivity index is 2.50. The average Bonchev–Trinajstić information content (AvgIpc) is 2.51. The molecule has 0 N–H and O–H groups in total. The summed E-state index contributed by atoms with van der Waals surface area (Å²) in [4.78, 5) is 16.3. The van der Waals surface area contributed by atoms with E-state index in [-0.39, 0.29) is 5.91 Å². The molecule has 0 radical (unpaired) electrons. The number of rotatable bonds is 4. The number of carbonyl (C=O) groups is 1. The normalized spacial score (nSPS) is 17.6. The van der Waals surface area contributed by atoms with E-state index in [0.29, 0.717) is 30.5 Å². The van der Waals surface area contributed by atoms with Crippen LogP contribution >= 0.6 is 0 Å². The number of likely N-dealkylation sites (N-methyl/N-ethyl adjacent to an activating group) is 1. The first-order chi connectivity index (χ1) is 10.0. The van der Waals surface area contributed by atoms with Gasteiger partial charge in [-0.3, -0.25) is 4.79 Å². The average molecular weight is 292 g/mol. The fraction of sp³-hybridized carbons (Fsp3) is 0.562. The van der Waals surface area contributed by atoms with Gasteiger partial charge >= 0.3 is 0 Å². The molecule has 0 bridgehead atoms. The summed E-state index contributed by atoms with van der Waals surface area (Å²) in [7, 11) is 7.34. The fourth-order valence-electron chi connectivity index (χ4n) is 2.73. The molecule has 0 saturated heterocycles. The highest BCUT2D eigenvalue weighted by atomic mass is 16.5. The summed E-state index contributed by atoms with van der Waals surface area (Å²) in [5, 5.41) is 0. The number of amides is 1. The third-order valence-electron chi connectivity index (χ3n) is 4.06. The maximum Gasteiger partial charge on any atom is 0.226 e. The van der Waals surface area contributed by atoms with Gasteiger partial charge in [-0.1, -0.05) is 6.92 Å². The zero-order chi connectivity index (χ0) is 15.6. The highest BCUT2D eigenvalue weighted by Gasteiger charge is 2.30. The molecule has 1 aliphatic rings. The van der Waals surface area contributed by atoms with E-state index in [1.54, 1.807) is 14.2 Å². The SMILES string of the molecule is CCC(=O)N1CC(N(C)C)Cc2cc(OC)c(OC)cc21. The maximum atomic E-state index is 12.3. The van der Waals surface area contributed by atoms with Crippen molar-refractivity contribution in [3.63, 3.8) is 0 Å². The molecule has 5 nitrogen and oxygen atoms in total. The number of benzene rings is 1. The number of ether oxygens (including phenoxy) is 2. The number of hydrogen-bond donors (Lipinski definition) is 0. The summed E-state index contributed by atoms with van der Waals surface area (Å²) in [6, 6.07) is 4.21. The lowest BCUT2D eigenvalue weighted by molar-refractivity contribution is -0.118. The maximum absolute atomic E-state index is 12.3. The monoisotopic (exact) mass is 292 g/mol. The predicted octanol–water partition coefficient (Wildman–Crippen LogP) is 1.93. The molecule has 1 unspecified atom stereocenters. The summed E-state index contributed by atoms with van der Waals surface area (Å²) < 4.78 is 10.7. The molecule has 2 rings (SSSR count). The third kappa shape index (κ3) is 2.97. The lowest BCUT2D eigenvalue weighted by Gasteiger charge is -2.38. The molecule has 0 spiro atoms. The molecular formula is C16H24N2O3. The van der Waals surface area contributed by atoms with Crippen molar-refractivity contribution in [1.29, 1.82) is 0 Å². The molecule has 1 atom stereocenters. The van der Waals surface area contributed by atoms with Crippen LogP contribution in [0.15, 0.2) is 12.1 Å². The minimum atomic E-state index is 0.134. The number of fused-ring (bicyclic) bond motifs is 1. The van der Waals surface area contributed by atoms with Crippen molar-refractivity contribution in [2.45, 2.75) is 25.8 Å². The van der Waals surface area contributed by atoms with E-state index in [0.717, 1.165) is 17.7 Å². The summed E-state index contributed by atoms with van der Waals surface area (Å²) in [5.41, 5.74) is 2.07. The Hall–Kier alpha value is -1.75. The fourth-order valence-corrected chi connectivity index (χ4v) is 2.73. The topological polar surface area (TPSA) is 42.0 Å². The first kappa shape index (κ1) is 15.6. The first-order valence-electron chi connectivity index (χ1n) is 7.23. The Labute approximate surface area is 126 Å². The zero-order valence-corrected chi connectivity index (χ0v) is 13.5. The van der Waals surface area contributed by atoms with Crippen molar-refractivity contribution in [2.75, 3.05) is 39.8 Å². The molecule has 1 aromatic rings. The van der Waals surface area contributed by atoms with Crippen LogP contribution in [-0.2, 0) is 11.2 Å². The van der Waals surface area contributed by atoms with Crippen LogP contribution < -0.4 is 14.4 Å². The quantitative estimate of drug-likeness (QED) is 0.850. The largest absolute Gasteiger partial charge is 0.493 e. The lowest BCUT2D eigenvalue weighted by atomic mass is 9.96. The van der Waals surface area contributed by atoms with Gasteiger partial charge in [-0.05, 0) is 32.1 Å². The van der Waals surface area contributed by atoms with E-state index in [1.807, 2.05) is 38.1 Å². The minimum absolute atomic E-state index is 0.134. The van der Waals surface area contributed by atoms with Crippen LogP contribution in [0.1, 0.15) is 18.9 Å². The minimum Gasteiger partial charge on any atom is -0.493 e. The molecule has 0 fully saturated rings. The second-order valence-electron chi connectivity index (χ2n) is 5.52. The second-order valence-corrected chi connectivity index (χ2v) is 5.52. The molecule has 1 aliphatic heterocycles. The van der Waals surface area contributed by atoms with Gasteiger partial charge in [0.05, 0.1) is 19.9 Å². The standard InChI is InChI=1S/C16H24N2O3/c1-6-16(19)18-10-12(17(2)3)7-11-8-14(20-4)15(21-5)9-13(11)18/h8-9,12H,6-7,10H2,1-5H3. The van der Waals surface area contributed by atoms with Crippen molar-refractivity contribution in [1.82, 2.24) is 4.90 Å². The Morgan fingerprint density at radius 2 is 1.90 bits per heavy atom.